The van der Waals surface area contributed by atoms with Crippen molar-refractivity contribution >= 4 is 17.3 Å². The number of hydrogen-bond acceptors (Lipinski definition) is 2. The summed E-state index contributed by atoms with van der Waals surface area (Å²) in [6.07, 6.45) is 0. The van der Waals surface area contributed by atoms with Gasteiger partial charge in [-0.2, -0.15) is 0 Å². The summed E-state index contributed by atoms with van der Waals surface area (Å²) in [5.41, 5.74) is 2.06. The molecule has 0 spiro atoms. The minimum Gasteiger partial charge on any atom is -0.376 e. The SMILES string of the molecule is CN(C)c1ccccc1NC(=O)c1ccc(F)cc1. The van der Waals surface area contributed by atoms with Crippen LogP contribution in [0, 0.1) is 5.82 Å². The summed E-state index contributed by atoms with van der Waals surface area (Å²) in [5.74, 6) is -0.612. The standard InChI is InChI=1S/C15H15FN2O/c1-18(2)14-6-4-3-5-13(14)17-15(19)11-7-9-12(16)10-8-11/h3-10H,1-2H3,(H,17,19). The molecule has 1 amide bonds. The van der Waals surface area contributed by atoms with Crippen molar-refractivity contribution in [3.05, 3.63) is 59.9 Å². The van der Waals surface area contributed by atoms with Crippen LogP contribution < -0.4 is 10.2 Å². The molecule has 0 saturated heterocycles. The molecule has 19 heavy (non-hydrogen) atoms. The minimum absolute atomic E-state index is 0.255. The second-order valence-corrected chi connectivity index (χ2v) is 4.37. The van der Waals surface area contributed by atoms with Gasteiger partial charge in [-0.25, -0.2) is 4.39 Å². The topological polar surface area (TPSA) is 32.3 Å². The number of amides is 1. The van der Waals surface area contributed by atoms with Gasteiger partial charge in [0.25, 0.3) is 5.91 Å². The minimum atomic E-state index is -0.356. The van der Waals surface area contributed by atoms with Crippen LogP contribution in [0.25, 0.3) is 0 Å². The Morgan fingerprint density at radius 2 is 1.68 bits per heavy atom. The van der Waals surface area contributed by atoms with Gasteiger partial charge in [-0.1, -0.05) is 12.1 Å². The van der Waals surface area contributed by atoms with E-state index in [-0.39, 0.29) is 11.7 Å². The summed E-state index contributed by atoms with van der Waals surface area (Å²) in [7, 11) is 3.81. The molecule has 0 aliphatic carbocycles. The lowest BCUT2D eigenvalue weighted by molar-refractivity contribution is 0.102. The van der Waals surface area contributed by atoms with Gasteiger partial charge in [0.1, 0.15) is 5.82 Å². The van der Waals surface area contributed by atoms with Crippen LogP contribution in [0.3, 0.4) is 0 Å². The molecule has 2 aromatic carbocycles. The van der Waals surface area contributed by atoms with Crippen LogP contribution in [-0.2, 0) is 0 Å². The largest absolute Gasteiger partial charge is 0.376 e. The number of halogens is 1. The number of nitrogens with zero attached hydrogens (tertiary/aromatic N) is 1. The van der Waals surface area contributed by atoms with E-state index in [1.165, 1.54) is 24.3 Å². The van der Waals surface area contributed by atoms with Gasteiger partial charge in [-0.05, 0) is 36.4 Å². The van der Waals surface area contributed by atoms with Crippen LogP contribution in [0.1, 0.15) is 10.4 Å². The molecule has 0 saturated carbocycles. The van der Waals surface area contributed by atoms with Crippen molar-refractivity contribution in [3.63, 3.8) is 0 Å². The molecule has 0 atom stereocenters. The molecule has 2 aromatic rings. The number of nitrogens with one attached hydrogen (secondary N) is 1. The zero-order valence-corrected chi connectivity index (χ0v) is 10.9. The molecule has 0 aliphatic heterocycles. The van der Waals surface area contributed by atoms with Gasteiger partial charge in [0.05, 0.1) is 11.4 Å². The molecule has 0 aromatic heterocycles. The third-order valence-corrected chi connectivity index (χ3v) is 2.74. The van der Waals surface area contributed by atoms with Crippen LogP contribution in [-0.4, -0.2) is 20.0 Å². The lowest BCUT2D eigenvalue weighted by atomic mass is 10.2. The maximum atomic E-state index is 12.8. The first-order valence-electron chi connectivity index (χ1n) is 5.91. The molecule has 0 unspecified atom stereocenters. The van der Waals surface area contributed by atoms with E-state index >= 15 is 0 Å². The van der Waals surface area contributed by atoms with E-state index in [0.717, 1.165) is 11.4 Å². The normalized spacial score (nSPS) is 10.1. The lowest BCUT2D eigenvalue weighted by Gasteiger charge is -2.17. The Bertz CT molecular complexity index is 579. The molecular weight excluding hydrogens is 243 g/mol. The van der Waals surface area contributed by atoms with Crippen molar-refractivity contribution in [2.75, 3.05) is 24.3 Å². The fraction of sp³-hybridized carbons (Fsp3) is 0.133. The van der Waals surface area contributed by atoms with E-state index in [2.05, 4.69) is 5.32 Å². The van der Waals surface area contributed by atoms with Crippen molar-refractivity contribution in [3.8, 4) is 0 Å². The van der Waals surface area contributed by atoms with Crippen molar-refractivity contribution in [1.82, 2.24) is 0 Å². The highest BCUT2D eigenvalue weighted by Crippen LogP contribution is 2.23. The Morgan fingerprint density at radius 1 is 1.05 bits per heavy atom. The number of rotatable bonds is 3. The maximum Gasteiger partial charge on any atom is 0.255 e. The summed E-state index contributed by atoms with van der Waals surface area (Å²) < 4.78 is 12.8. The summed E-state index contributed by atoms with van der Waals surface area (Å²) >= 11 is 0. The summed E-state index contributed by atoms with van der Waals surface area (Å²) in [5, 5.41) is 2.82. The zero-order valence-electron chi connectivity index (χ0n) is 10.9. The monoisotopic (exact) mass is 258 g/mol. The Hall–Kier alpha value is -2.36. The fourth-order valence-corrected chi connectivity index (χ4v) is 1.77. The van der Waals surface area contributed by atoms with Gasteiger partial charge < -0.3 is 10.2 Å². The van der Waals surface area contributed by atoms with Gasteiger partial charge in [-0.3, -0.25) is 4.79 Å². The first kappa shape index (κ1) is 13.1. The van der Waals surface area contributed by atoms with Crippen LogP contribution in [0.2, 0.25) is 0 Å². The van der Waals surface area contributed by atoms with Crippen LogP contribution in [0.15, 0.2) is 48.5 Å². The number of carbonyl (C=O) groups excluding carboxylic acids is 1. The highest BCUT2D eigenvalue weighted by molar-refractivity contribution is 6.05. The Morgan fingerprint density at radius 3 is 2.32 bits per heavy atom. The summed E-state index contributed by atoms with van der Waals surface area (Å²) in [6.45, 7) is 0. The molecule has 0 bridgehead atoms. The quantitative estimate of drug-likeness (QED) is 0.917. The van der Waals surface area contributed by atoms with Crippen LogP contribution in [0.4, 0.5) is 15.8 Å². The van der Waals surface area contributed by atoms with Crippen molar-refractivity contribution in [2.24, 2.45) is 0 Å². The van der Waals surface area contributed by atoms with Gasteiger partial charge in [0, 0.05) is 19.7 Å². The molecular formula is C15H15FN2O. The van der Waals surface area contributed by atoms with Crippen molar-refractivity contribution < 1.29 is 9.18 Å². The summed E-state index contributed by atoms with van der Waals surface area (Å²) in [4.78, 5) is 14.0. The Labute approximate surface area is 111 Å². The Balaban J connectivity index is 2.22. The van der Waals surface area contributed by atoms with E-state index in [1.807, 2.05) is 43.3 Å². The van der Waals surface area contributed by atoms with Gasteiger partial charge in [0.2, 0.25) is 0 Å². The molecule has 0 radical (unpaired) electrons. The van der Waals surface area contributed by atoms with E-state index in [0.29, 0.717) is 5.56 Å². The smallest absolute Gasteiger partial charge is 0.255 e. The molecule has 98 valence electrons. The first-order valence-corrected chi connectivity index (χ1v) is 5.91. The van der Waals surface area contributed by atoms with E-state index in [1.54, 1.807) is 0 Å². The van der Waals surface area contributed by atoms with Crippen molar-refractivity contribution in [1.29, 1.82) is 0 Å². The molecule has 2 rings (SSSR count). The van der Waals surface area contributed by atoms with E-state index < -0.39 is 0 Å². The molecule has 0 fully saturated rings. The zero-order chi connectivity index (χ0) is 13.8. The maximum absolute atomic E-state index is 12.8. The average Bonchev–Trinajstić information content (AvgIpc) is 2.39. The van der Waals surface area contributed by atoms with Crippen molar-refractivity contribution in [2.45, 2.75) is 0 Å². The fourth-order valence-electron chi connectivity index (χ4n) is 1.77. The van der Waals surface area contributed by atoms with E-state index in [4.69, 9.17) is 0 Å². The summed E-state index contributed by atoms with van der Waals surface area (Å²) in [6, 6.07) is 13.0. The molecule has 0 heterocycles. The number of para-hydroxylation sites is 2. The second-order valence-electron chi connectivity index (χ2n) is 4.37. The number of anilines is 2. The highest BCUT2D eigenvalue weighted by Gasteiger charge is 2.09. The molecule has 4 heteroatoms. The lowest BCUT2D eigenvalue weighted by Crippen LogP contribution is -2.16. The predicted molar refractivity (Wildman–Crippen MR) is 75.1 cm³/mol. The van der Waals surface area contributed by atoms with Crippen LogP contribution in [0.5, 0.6) is 0 Å². The van der Waals surface area contributed by atoms with Crippen LogP contribution >= 0.6 is 0 Å². The molecule has 0 aliphatic rings. The number of carbonyl (C=O) groups is 1. The number of benzene rings is 2. The van der Waals surface area contributed by atoms with E-state index in [9.17, 15) is 9.18 Å². The average molecular weight is 258 g/mol. The van der Waals surface area contributed by atoms with Gasteiger partial charge in [0.15, 0.2) is 0 Å². The molecule has 3 nitrogen and oxygen atoms in total. The van der Waals surface area contributed by atoms with Gasteiger partial charge >= 0.3 is 0 Å². The molecule has 1 N–H and O–H groups in total. The third-order valence-electron chi connectivity index (χ3n) is 2.74. The Kier molecular flexibility index (Phi) is 3.80. The number of hydrogen-bond donors (Lipinski definition) is 1. The predicted octanol–water partition coefficient (Wildman–Crippen LogP) is 3.14. The second kappa shape index (κ2) is 5.52. The van der Waals surface area contributed by atoms with Gasteiger partial charge in [-0.15, -0.1) is 0 Å². The highest BCUT2D eigenvalue weighted by atomic mass is 19.1. The third kappa shape index (κ3) is 3.10. The first-order chi connectivity index (χ1) is 9.08.